The molecule has 0 saturated carbocycles. The average molecular weight is 244 g/mol. The van der Waals surface area contributed by atoms with Crippen molar-refractivity contribution in [3.63, 3.8) is 0 Å². The van der Waals surface area contributed by atoms with Crippen LogP contribution in [0.15, 0.2) is 24.3 Å². The molecular formula is C11H8N4O3. The first-order valence-corrected chi connectivity index (χ1v) is 5.13. The van der Waals surface area contributed by atoms with Crippen LogP contribution in [0.2, 0.25) is 0 Å². The molecule has 0 spiro atoms. The average Bonchev–Trinajstić information content (AvgIpc) is 2.85. The lowest BCUT2D eigenvalue weighted by Crippen LogP contribution is -2.02. The Labute approximate surface area is 101 Å². The molecule has 0 aliphatic rings. The fourth-order valence-electron chi connectivity index (χ4n) is 1.86. The van der Waals surface area contributed by atoms with Gasteiger partial charge in [0.1, 0.15) is 11.3 Å². The Balaban J connectivity index is 2.47. The molecule has 0 saturated heterocycles. The van der Waals surface area contributed by atoms with E-state index >= 15 is 0 Å². The smallest absolute Gasteiger partial charge is 0.339 e. The number of nitrogens with zero attached hydrogens (tertiary/aromatic N) is 4. The molecular weight excluding hydrogens is 236 g/mol. The fraction of sp³-hybridized carbons (Fsp3) is 0.0909. The van der Waals surface area contributed by atoms with Gasteiger partial charge in [-0.25, -0.2) is 4.79 Å². The largest absolute Gasteiger partial charge is 0.497 e. The number of ether oxygens (including phenoxy) is 1. The zero-order valence-electron chi connectivity index (χ0n) is 9.36. The molecule has 0 fully saturated rings. The molecule has 2 heterocycles. The van der Waals surface area contributed by atoms with E-state index in [1.165, 1.54) is 10.6 Å². The molecule has 1 N–H and O–H groups in total. The lowest BCUT2D eigenvalue weighted by atomic mass is 10.1. The first-order chi connectivity index (χ1) is 8.70. The Bertz CT molecular complexity index is 765. The van der Waals surface area contributed by atoms with Crippen molar-refractivity contribution < 1.29 is 14.6 Å². The summed E-state index contributed by atoms with van der Waals surface area (Å²) in [5.41, 5.74) is 1.00. The summed E-state index contributed by atoms with van der Waals surface area (Å²) in [6, 6.07) is 6.82. The van der Waals surface area contributed by atoms with Crippen molar-refractivity contribution in [2.75, 3.05) is 7.11 Å². The van der Waals surface area contributed by atoms with Crippen molar-refractivity contribution in [1.82, 2.24) is 20.0 Å². The van der Waals surface area contributed by atoms with Crippen molar-refractivity contribution in [2.45, 2.75) is 0 Å². The molecule has 0 aliphatic heterocycles. The highest BCUT2D eigenvalue weighted by Crippen LogP contribution is 2.23. The van der Waals surface area contributed by atoms with Gasteiger partial charge in [0.25, 0.3) is 0 Å². The van der Waals surface area contributed by atoms with Gasteiger partial charge >= 0.3 is 5.97 Å². The summed E-state index contributed by atoms with van der Waals surface area (Å²) < 4.78 is 6.51. The predicted octanol–water partition coefficient (Wildman–Crippen LogP) is 0.984. The molecule has 1 aromatic carbocycles. The van der Waals surface area contributed by atoms with Crippen LogP contribution < -0.4 is 4.74 Å². The van der Waals surface area contributed by atoms with Crippen molar-refractivity contribution in [1.29, 1.82) is 0 Å². The molecule has 0 aliphatic carbocycles. The van der Waals surface area contributed by atoms with Crippen LogP contribution in [-0.4, -0.2) is 38.2 Å². The number of tetrazole rings is 1. The minimum absolute atomic E-state index is 0.0563. The van der Waals surface area contributed by atoms with Crippen molar-refractivity contribution >= 4 is 22.5 Å². The summed E-state index contributed by atoms with van der Waals surface area (Å²) >= 11 is 0. The number of fused-ring (bicyclic) bond motifs is 3. The number of aromatic nitrogens is 4. The first-order valence-electron chi connectivity index (χ1n) is 5.13. The summed E-state index contributed by atoms with van der Waals surface area (Å²) in [7, 11) is 1.55. The van der Waals surface area contributed by atoms with Crippen LogP contribution in [0.25, 0.3) is 16.6 Å². The van der Waals surface area contributed by atoms with Gasteiger partial charge < -0.3 is 9.84 Å². The maximum absolute atomic E-state index is 11.2. The third-order valence-electron chi connectivity index (χ3n) is 2.70. The number of hydrogen-bond acceptors (Lipinski definition) is 5. The Hall–Kier alpha value is -2.70. The summed E-state index contributed by atoms with van der Waals surface area (Å²) in [5.74, 6) is -0.425. The van der Waals surface area contributed by atoms with Crippen molar-refractivity contribution in [2.24, 2.45) is 0 Å². The molecule has 7 nitrogen and oxygen atoms in total. The summed E-state index contributed by atoms with van der Waals surface area (Å²) in [6.07, 6.45) is 0. The highest BCUT2D eigenvalue weighted by Gasteiger charge is 2.15. The van der Waals surface area contributed by atoms with Crippen molar-refractivity contribution in [3.05, 3.63) is 29.8 Å². The number of carboxylic acids is 1. The quantitative estimate of drug-likeness (QED) is 0.722. The van der Waals surface area contributed by atoms with E-state index in [2.05, 4.69) is 15.5 Å². The Kier molecular flexibility index (Phi) is 2.12. The predicted molar refractivity (Wildman–Crippen MR) is 61.8 cm³/mol. The Morgan fingerprint density at radius 1 is 1.39 bits per heavy atom. The van der Waals surface area contributed by atoms with Gasteiger partial charge in [-0.3, -0.25) is 0 Å². The van der Waals surface area contributed by atoms with Crippen LogP contribution in [0.3, 0.4) is 0 Å². The molecule has 0 unspecified atom stereocenters. The zero-order valence-corrected chi connectivity index (χ0v) is 9.36. The van der Waals surface area contributed by atoms with Crippen LogP contribution in [0, 0.1) is 0 Å². The fourth-order valence-corrected chi connectivity index (χ4v) is 1.86. The lowest BCUT2D eigenvalue weighted by molar-refractivity contribution is 0.0698. The SMILES string of the molecule is COc1ccc2c(c1)cc(C(=O)O)c1nnnn12. The van der Waals surface area contributed by atoms with Gasteiger partial charge in [0, 0.05) is 5.39 Å². The number of methoxy groups -OCH3 is 1. The lowest BCUT2D eigenvalue weighted by Gasteiger charge is -2.05. The third-order valence-corrected chi connectivity index (χ3v) is 2.70. The third kappa shape index (κ3) is 1.37. The number of hydrogen-bond donors (Lipinski definition) is 1. The summed E-state index contributed by atoms with van der Waals surface area (Å²) in [6.45, 7) is 0. The van der Waals surface area contributed by atoms with E-state index in [-0.39, 0.29) is 11.2 Å². The number of carbonyl (C=O) groups is 1. The van der Waals surface area contributed by atoms with E-state index in [0.717, 1.165) is 5.52 Å². The van der Waals surface area contributed by atoms with Gasteiger partial charge in [-0.05, 0) is 34.7 Å². The van der Waals surface area contributed by atoms with E-state index in [9.17, 15) is 4.79 Å². The molecule has 7 heteroatoms. The molecule has 0 atom stereocenters. The van der Waals surface area contributed by atoms with E-state index in [1.807, 2.05) is 0 Å². The maximum atomic E-state index is 11.2. The minimum Gasteiger partial charge on any atom is -0.497 e. The molecule has 2 aromatic heterocycles. The van der Waals surface area contributed by atoms with Crippen LogP contribution in [0.1, 0.15) is 10.4 Å². The minimum atomic E-state index is -1.07. The number of rotatable bonds is 2. The maximum Gasteiger partial charge on any atom is 0.339 e. The molecule has 3 aromatic rings. The highest BCUT2D eigenvalue weighted by molar-refractivity contribution is 5.99. The van der Waals surface area contributed by atoms with E-state index in [4.69, 9.17) is 9.84 Å². The van der Waals surface area contributed by atoms with Gasteiger partial charge in [0.2, 0.25) is 0 Å². The molecule has 3 rings (SSSR count). The molecule has 0 bridgehead atoms. The second-order valence-electron chi connectivity index (χ2n) is 3.70. The number of benzene rings is 1. The molecule has 0 amide bonds. The van der Waals surface area contributed by atoms with E-state index < -0.39 is 5.97 Å². The topological polar surface area (TPSA) is 89.6 Å². The Morgan fingerprint density at radius 2 is 2.22 bits per heavy atom. The highest BCUT2D eigenvalue weighted by atomic mass is 16.5. The van der Waals surface area contributed by atoms with Crippen LogP contribution in [-0.2, 0) is 0 Å². The van der Waals surface area contributed by atoms with Gasteiger partial charge in [-0.15, -0.1) is 5.10 Å². The monoisotopic (exact) mass is 244 g/mol. The summed E-state index contributed by atoms with van der Waals surface area (Å²) in [5, 5.41) is 20.9. The second kappa shape index (κ2) is 3.66. The standard InChI is InChI=1S/C11H8N4O3/c1-18-7-2-3-9-6(4-7)5-8(11(16)17)10-12-13-14-15(9)10/h2-5H,1H3,(H,16,17). The normalized spacial score (nSPS) is 10.9. The van der Waals surface area contributed by atoms with Gasteiger partial charge in [-0.2, -0.15) is 4.52 Å². The second-order valence-corrected chi connectivity index (χ2v) is 3.70. The summed E-state index contributed by atoms with van der Waals surface area (Å²) in [4.78, 5) is 11.2. The molecule has 0 radical (unpaired) electrons. The van der Waals surface area contributed by atoms with E-state index in [0.29, 0.717) is 11.1 Å². The van der Waals surface area contributed by atoms with Gasteiger partial charge in [-0.1, -0.05) is 0 Å². The number of aromatic carboxylic acids is 1. The van der Waals surface area contributed by atoms with E-state index in [1.54, 1.807) is 25.3 Å². The Morgan fingerprint density at radius 3 is 2.94 bits per heavy atom. The first kappa shape index (κ1) is 10.5. The van der Waals surface area contributed by atoms with Crippen LogP contribution >= 0.6 is 0 Å². The van der Waals surface area contributed by atoms with Gasteiger partial charge in [0.15, 0.2) is 5.65 Å². The number of carboxylic acid groups (broad SMARTS) is 1. The van der Waals surface area contributed by atoms with Gasteiger partial charge in [0.05, 0.1) is 12.6 Å². The molecule has 18 heavy (non-hydrogen) atoms. The van der Waals surface area contributed by atoms with Crippen LogP contribution in [0.4, 0.5) is 0 Å². The number of pyridine rings is 1. The van der Waals surface area contributed by atoms with Crippen LogP contribution in [0.5, 0.6) is 5.75 Å². The molecule has 90 valence electrons. The van der Waals surface area contributed by atoms with Crippen molar-refractivity contribution in [3.8, 4) is 5.75 Å². The zero-order chi connectivity index (χ0) is 12.7.